The van der Waals surface area contributed by atoms with Crippen LogP contribution in [-0.2, 0) is 16.2 Å². The summed E-state index contributed by atoms with van der Waals surface area (Å²) in [4.78, 5) is 22.0. The number of aromatic nitrogens is 1. The molecule has 0 saturated heterocycles. The van der Waals surface area contributed by atoms with E-state index in [0.29, 0.717) is 24.5 Å². The predicted octanol–water partition coefficient (Wildman–Crippen LogP) is 1.70. The normalized spacial score (nSPS) is 16.6. The molecule has 158 valence electrons. The number of amides is 1. The Morgan fingerprint density at radius 1 is 1.30 bits per heavy atom. The van der Waals surface area contributed by atoms with Gasteiger partial charge in [0, 0.05) is 18.2 Å². The summed E-state index contributed by atoms with van der Waals surface area (Å²) in [6.07, 6.45) is 1.63. The third-order valence-corrected chi connectivity index (χ3v) is 4.65. The van der Waals surface area contributed by atoms with Gasteiger partial charge in [0.15, 0.2) is 0 Å². The number of carbonyl (C=O) groups is 1. The number of carbonyl (C=O) groups excluding carboxylic acids is 1. The van der Waals surface area contributed by atoms with Crippen LogP contribution in [0.15, 0.2) is 53.8 Å². The van der Waals surface area contributed by atoms with E-state index in [1.54, 1.807) is 6.20 Å². The van der Waals surface area contributed by atoms with Gasteiger partial charge in [-0.15, -0.1) is 0 Å². The average Bonchev–Trinajstić information content (AvgIpc) is 3.23. The van der Waals surface area contributed by atoms with Crippen molar-refractivity contribution in [1.29, 1.82) is 0 Å². The molecule has 2 heterocycles. The van der Waals surface area contributed by atoms with Crippen molar-refractivity contribution in [2.24, 2.45) is 11.1 Å². The summed E-state index contributed by atoms with van der Waals surface area (Å²) in [7, 11) is -1.63. The zero-order chi connectivity index (χ0) is 21.5. The first-order valence-electron chi connectivity index (χ1n) is 9.94. The zero-order valence-electron chi connectivity index (χ0n) is 17.1. The number of hydrogen-bond acceptors (Lipinski definition) is 7. The third kappa shape index (κ3) is 6.04. The number of rotatable bonds is 9. The van der Waals surface area contributed by atoms with Crippen LogP contribution >= 0.6 is 0 Å². The highest BCUT2D eigenvalue weighted by atomic mass is 16.6. The van der Waals surface area contributed by atoms with Crippen molar-refractivity contribution in [2.45, 2.75) is 45.3 Å². The van der Waals surface area contributed by atoms with E-state index >= 15 is 0 Å². The van der Waals surface area contributed by atoms with E-state index in [1.165, 1.54) is 0 Å². The summed E-state index contributed by atoms with van der Waals surface area (Å²) < 4.78 is 5.79. The van der Waals surface area contributed by atoms with Crippen LogP contribution in [0.25, 0.3) is 0 Å². The molecule has 1 amide bonds. The minimum absolute atomic E-state index is 0.197. The van der Waals surface area contributed by atoms with Crippen LogP contribution in [0.4, 0.5) is 0 Å². The van der Waals surface area contributed by atoms with E-state index in [9.17, 15) is 14.8 Å². The number of ether oxygens (including phenoxy) is 1. The van der Waals surface area contributed by atoms with Gasteiger partial charge in [-0.25, -0.2) is 0 Å². The molecule has 2 atom stereocenters. The number of nitrogens with one attached hydrogen (secondary N) is 1. The van der Waals surface area contributed by atoms with Crippen LogP contribution in [0.5, 0.6) is 5.75 Å². The van der Waals surface area contributed by atoms with E-state index in [0.717, 1.165) is 11.3 Å². The number of nitrogens with zero attached hydrogens (tertiary/aromatic N) is 2. The standard InChI is InChI=1S/C21H26BN3O5/c1-14(2)10-20(22(27)28)24-21(26)19-12-18(25-30-19)15-6-5-8-17(11-15)29-13-16-7-3-4-9-23-16/h3-9,11,14,19-20,27-28H,10,12-13H2,1-2H3,(H,24,26). The van der Waals surface area contributed by atoms with E-state index in [-0.39, 0.29) is 12.3 Å². The molecule has 9 heteroatoms. The highest BCUT2D eigenvalue weighted by Crippen LogP contribution is 2.21. The topological polar surface area (TPSA) is 113 Å². The fourth-order valence-corrected chi connectivity index (χ4v) is 3.13. The fraction of sp³-hybridized carbons (Fsp3) is 0.381. The third-order valence-electron chi connectivity index (χ3n) is 4.65. The van der Waals surface area contributed by atoms with Crippen molar-refractivity contribution in [3.05, 3.63) is 59.9 Å². The summed E-state index contributed by atoms with van der Waals surface area (Å²) in [5, 5.41) is 25.7. The van der Waals surface area contributed by atoms with Crippen molar-refractivity contribution in [2.75, 3.05) is 0 Å². The minimum Gasteiger partial charge on any atom is -0.487 e. The molecule has 3 N–H and O–H groups in total. The van der Waals surface area contributed by atoms with Crippen LogP contribution in [0.3, 0.4) is 0 Å². The Morgan fingerprint density at radius 2 is 2.13 bits per heavy atom. The molecule has 2 aromatic rings. The van der Waals surface area contributed by atoms with Crippen molar-refractivity contribution >= 4 is 18.7 Å². The first-order valence-corrected chi connectivity index (χ1v) is 9.94. The Hall–Kier alpha value is -2.91. The van der Waals surface area contributed by atoms with Gasteiger partial charge in [0.2, 0.25) is 6.10 Å². The molecular formula is C21H26BN3O5. The van der Waals surface area contributed by atoms with E-state index in [2.05, 4.69) is 15.5 Å². The lowest BCUT2D eigenvalue weighted by Crippen LogP contribution is -2.50. The molecular weight excluding hydrogens is 385 g/mol. The number of hydrogen-bond donors (Lipinski definition) is 3. The summed E-state index contributed by atoms with van der Waals surface area (Å²) in [6, 6.07) is 13.0. The average molecular weight is 411 g/mol. The van der Waals surface area contributed by atoms with Crippen molar-refractivity contribution < 1.29 is 24.4 Å². The molecule has 2 unspecified atom stereocenters. The zero-order valence-corrected chi connectivity index (χ0v) is 17.1. The number of oxime groups is 1. The molecule has 0 fully saturated rings. The molecule has 0 spiro atoms. The molecule has 0 bridgehead atoms. The lowest BCUT2D eigenvalue weighted by molar-refractivity contribution is -0.131. The number of benzene rings is 1. The highest BCUT2D eigenvalue weighted by molar-refractivity contribution is 6.43. The quantitative estimate of drug-likeness (QED) is 0.542. The lowest BCUT2D eigenvalue weighted by atomic mass is 9.75. The number of pyridine rings is 1. The van der Waals surface area contributed by atoms with Crippen LogP contribution in [0.2, 0.25) is 0 Å². The smallest absolute Gasteiger partial charge is 0.475 e. The Morgan fingerprint density at radius 3 is 2.83 bits per heavy atom. The van der Waals surface area contributed by atoms with Gasteiger partial charge in [0.25, 0.3) is 5.91 Å². The molecule has 1 aliphatic heterocycles. The SMILES string of the molecule is CC(C)CC(NC(=O)C1CC(c2cccc(OCc3ccccn3)c2)=NO1)B(O)O. The molecule has 0 radical (unpaired) electrons. The second-order valence-corrected chi connectivity index (χ2v) is 7.63. The Balaban J connectivity index is 1.57. The molecule has 0 saturated carbocycles. The molecule has 0 aliphatic carbocycles. The van der Waals surface area contributed by atoms with Crippen LogP contribution in [0, 0.1) is 5.92 Å². The van der Waals surface area contributed by atoms with Gasteiger partial charge < -0.3 is 24.9 Å². The van der Waals surface area contributed by atoms with E-state index in [1.807, 2.05) is 56.3 Å². The molecule has 30 heavy (non-hydrogen) atoms. The molecule has 3 rings (SSSR count). The first-order chi connectivity index (χ1) is 14.4. The van der Waals surface area contributed by atoms with Crippen LogP contribution in [-0.4, -0.2) is 45.8 Å². The summed E-state index contributed by atoms with van der Waals surface area (Å²) in [5.74, 6) is -0.320. The summed E-state index contributed by atoms with van der Waals surface area (Å²) in [5.41, 5.74) is 2.25. The maximum atomic E-state index is 12.5. The van der Waals surface area contributed by atoms with Crippen LogP contribution < -0.4 is 10.1 Å². The van der Waals surface area contributed by atoms with Gasteiger partial charge in [-0.2, -0.15) is 0 Å². The molecule has 1 aliphatic rings. The predicted molar refractivity (Wildman–Crippen MR) is 113 cm³/mol. The highest BCUT2D eigenvalue weighted by Gasteiger charge is 2.33. The van der Waals surface area contributed by atoms with Crippen molar-refractivity contribution in [3.8, 4) is 5.75 Å². The van der Waals surface area contributed by atoms with Gasteiger partial charge in [-0.05, 0) is 36.6 Å². The fourth-order valence-electron chi connectivity index (χ4n) is 3.13. The Labute approximate surface area is 176 Å². The second-order valence-electron chi connectivity index (χ2n) is 7.63. The van der Waals surface area contributed by atoms with E-state index < -0.39 is 25.1 Å². The van der Waals surface area contributed by atoms with Crippen LogP contribution in [0.1, 0.15) is 37.9 Å². The largest absolute Gasteiger partial charge is 0.487 e. The molecule has 1 aromatic heterocycles. The monoisotopic (exact) mass is 411 g/mol. The maximum absolute atomic E-state index is 12.5. The van der Waals surface area contributed by atoms with Gasteiger partial charge in [-0.3, -0.25) is 9.78 Å². The maximum Gasteiger partial charge on any atom is 0.475 e. The van der Waals surface area contributed by atoms with Crippen molar-refractivity contribution in [1.82, 2.24) is 10.3 Å². The van der Waals surface area contributed by atoms with Gasteiger partial charge in [0.1, 0.15) is 12.4 Å². The second kappa shape index (κ2) is 10.2. The van der Waals surface area contributed by atoms with Gasteiger partial charge in [0.05, 0.1) is 17.3 Å². The summed E-state index contributed by atoms with van der Waals surface area (Å²) in [6.45, 7) is 4.23. The van der Waals surface area contributed by atoms with Gasteiger partial charge >= 0.3 is 7.12 Å². The first kappa shape index (κ1) is 21.8. The van der Waals surface area contributed by atoms with Crippen molar-refractivity contribution in [3.63, 3.8) is 0 Å². The molecule has 8 nitrogen and oxygen atoms in total. The summed E-state index contributed by atoms with van der Waals surface area (Å²) >= 11 is 0. The Bertz CT molecular complexity index is 876. The lowest BCUT2D eigenvalue weighted by Gasteiger charge is -2.20. The van der Waals surface area contributed by atoms with E-state index in [4.69, 9.17) is 9.57 Å². The Kier molecular flexibility index (Phi) is 7.43. The van der Waals surface area contributed by atoms with Gasteiger partial charge in [-0.1, -0.05) is 37.2 Å². The minimum atomic E-state index is -1.63. The molecule has 1 aromatic carbocycles.